The van der Waals surface area contributed by atoms with Gasteiger partial charge in [0.15, 0.2) is 0 Å². The van der Waals surface area contributed by atoms with Crippen LogP contribution >= 0.6 is 10.7 Å². The number of carbonyl (C=O) groups is 1. The number of benzene rings is 1. The molecule has 6 heteroatoms. The van der Waals surface area contributed by atoms with E-state index in [1.54, 1.807) is 13.0 Å². The molecular formula is C14H20ClNO3S. The fourth-order valence-electron chi connectivity index (χ4n) is 1.98. The summed E-state index contributed by atoms with van der Waals surface area (Å²) in [7, 11) is 1.48. The zero-order valence-corrected chi connectivity index (χ0v) is 13.7. The Morgan fingerprint density at radius 2 is 1.95 bits per heavy atom. The third-order valence-electron chi connectivity index (χ3n) is 3.30. The normalized spacial score (nSPS) is 13.3. The van der Waals surface area contributed by atoms with Crippen LogP contribution in [-0.4, -0.2) is 20.4 Å². The van der Waals surface area contributed by atoms with Gasteiger partial charge in [-0.2, -0.15) is 0 Å². The zero-order chi connectivity index (χ0) is 15.5. The molecule has 0 aliphatic rings. The van der Waals surface area contributed by atoms with Crippen molar-refractivity contribution in [3.8, 4) is 0 Å². The summed E-state index contributed by atoms with van der Waals surface area (Å²) in [6, 6.07) is 4.35. The Morgan fingerprint density at radius 3 is 2.40 bits per heavy atom. The summed E-state index contributed by atoms with van der Waals surface area (Å²) in [6.07, 6.45) is 0.815. The second-order valence-electron chi connectivity index (χ2n) is 5.15. The molecule has 1 amide bonds. The van der Waals surface area contributed by atoms with Crippen molar-refractivity contribution >= 4 is 25.6 Å². The highest BCUT2D eigenvalue weighted by molar-refractivity contribution is 8.13. The average Bonchev–Trinajstić information content (AvgIpc) is 2.34. The second-order valence-corrected chi connectivity index (χ2v) is 7.71. The standard InChI is InChI=1S/C14H20ClNO3S/c1-5-13(9(2)3)16-14(17)12-8-11(20(15,18)19)7-6-10(12)4/h6-9,13H,5H2,1-4H3,(H,16,17). The molecule has 20 heavy (non-hydrogen) atoms. The van der Waals surface area contributed by atoms with E-state index < -0.39 is 9.05 Å². The number of halogens is 1. The molecule has 0 spiro atoms. The Bertz CT molecular complexity index is 596. The third kappa shape index (κ3) is 4.21. The molecular weight excluding hydrogens is 298 g/mol. The first kappa shape index (κ1) is 17.0. The minimum Gasteiger partial charge on any atom is -0.349 e. The molecule has 0 bridgehead atoms. The Balaban J connectivity index is 3.10. The lowest BCUT2D eigenvalue weighted by molar-refractivity contribution is 0.0924. The lowest BCUT2D eigenvalue weighted by Crippen LogP contribution is -2.38. The second kappa shape index (κ2) is 6.59. The largest absolute Gasteiger partial charge is 0.349 e. The predicted molar refractivity (Wildman–Crippen MR) is 80.6 cm³/mol. The Labute approximate surface area is 124 Å². The fourth-order valence-corrected chi connectivity index (χ4v) is 2.76. The maximum Gasteiger partial charge on any atom is 0.261 e. The Hall–Kier alpha value is -1.07. The predicted octanol–water partition coefficient (Wildman–Crippen LogP) is 3.09. The van der Waals surface area contributed by atoms with Gasteiger partial charge >= 0.3 is 0 Å². The van der Waals surface area contributed by atoms with Crippen molar-refractivity contribution in [2.45, 2.75) is 45.1 Å². The maximum absolute atomic E-state index is 12.3. The number of hydrogen-bond donors (Lipinski definition) is 1. The molecule has 0 aliphatic carbocycles. The molecule has 4 nitrogen and oxygen atoms in total. The van der Waals surface area contributed by atoms with E-state index in [9.17, 15) is 13.2 Å². The van der Waals surface area contributed by atoms with E-state index in [1.165, 1.54) is 12.1 Å². The maximum atomic E-state index is 12.3. The van der Waals surface area contributed by atoms with Crippen LogP contribution in [0.1, 0.15) is 43.1 Å². The van der Waals surface area contributed by atoms with Gasteiger partial charge in [0.1, 0.15) is 0 Å². The minimum absolute atomic E-state index is 0.0539. The molecule has 0 fully saturated rings. The summed E-state index contributed by atoms with van der Waals surface area (Å²) in [6.45, 7) is 7.81. The topological polar surface area (TPSA) is 63.2 Å². The van der Waals surface area contributed by atoms with E-state index in [0.29, 0.717) is 17.0 Å². The Kier molecular flexibility index (Phi) is 5.59. The summed E-state index contributed by atoms with van der Waals surface area (Å²) < 4.78 is 22.7. The minimum atomic E-state index is -3.83. The van der Waals surface area contributed by atoms with E-state index in [2.05, 4.69) is 5.32 Å². The van der Waals surface area contributed by atoms with Crippen LogP contribution in [0.3, 0.4) is 0 Å². The van der Waals surface area contributed by atoms with E-state index in [-0.39, 0.29) is 16.8 Å². The molecule has 1 atom stereocenters. The van der Waals surface area contributed by atoms with Crippen LogP contribution in [-0.2, 0) is 9.05 Å². The lowest BCUT2D eigenvalue weighted by Gasteiger charge is -2.21. The number of amides is 1. The van der Waals surface area contributed by atoms with Crippen molar-refractivity contribution in [3.63, 3.8) is 0 Å². The summed E-state index contributed by atoms with van der Waals surface area (Å²) in [4.78, 5) is 12.2. The van der Waals surface area contributed by atoms with Crippen LogP contribution in [0.5, 0.6) is 0 Å². The van der Waals surface area contributed by atoms with Crippen molar-refractivity contribution in [2.75, 3.05) is 0 Å². The molecule has 0 radical (unpaired) electrons. The molecule has 0 saturated heterocycles. The first-order valence-corrected chi connectivity index (χ1v) is 8.84. The highest BCUT2D eigenvalue weighted by Gasteiger charge is 2.19. The zero-order valence-electron chi connectivity index (χ0n) is 12.1. The Morgan fingerprint density at radius 1 is 1.35 bits per heavy atom. The van der Waals surface area contributed by atoms with Crippen molar-refractivity contribution < 1.29 is 13.2 Å². The van der Waals surface area contributed by atoms with Gasteiger partial charge in [0.25, 0.3) is 15.0 Å². The molecule has 0 heterocycles. The summed E-state index contributed by atoms with van der Waals surface area (Å²) in [5, 5.41) is 2.93. The highest BCUT2D eigenvalue weighted by atomic mass is 35.7. The molecule has 1 rings (SSSR count). The molecule has 112 valence electrons. The van der Waals surface area contributed by atoms with Gasteiger partial charge in [0, 0.05) is 22.3 Å². The molecule has 1 aromatic carbocycles. The van der Waals surface area contributed by atoms with E-state index >= 15 is 0 Å². The van der Waals surface area contributed by atoms with Gasteiger partial charge in [-0.1, -0.05) is 26.8 Å². The van der Waals surface area contributed by atoms with Gasteiger partial charge in [-0.3, -0.25) is 4.79 Å². The molecule has 1 unspecified atom stereocenters. The van der Waals surface area contributed by atoms with Crippen molar-refractivity contribution in [1.29, 1.82) is 0 Å². The summed E-state index contributed by atoms with van der Waals surface area (Å²) >= 11 is 0. The van der Waals surface area contributed by atoms with Gasteiger partial charge in [0.05, 0.1) is 4.90 Å². The number of rotatable bonds is 5. The lowest BCUT2D eigenvalue weighted by atomic mass is 10.0. The number of hydrogen-bond acceptors (Lipinski definition) is 3. The van der Waals surface area contributed by atoms with Crippen LogP contribution in [0.25, 0.3) is 0 Å². The smallest absolute Gasteiger partial charge is 0.261 e. The van der Waals surface area contributed by atoms with Crippen molar-refractivity contribution in [2.24, 2.45) is 5.92 Å². The van der Waals surface area contributed by atoms with E-state index in [1.807, 2.05) is 20.8 Å². The summed E-state index contributed by atoms with van der Waals surface area (Å²) in [5.74, 6) is 0.0365. The summed E-state index contributed by atoms with van der Waals surface area (Å²) in [5.41, 5.74) is 1.05. The number of carbonyl (C=O) groups excluding carboxylic acids is 1. The van der Waals surface area contributed by atoms with Gasteiger partial charge in [-0.15, -0.1) is 0 Å². The van der Waals surface area contributed by atoms with Crippen molar-refractivity contribution in [3.05, 3.63) is 29.3 Å². The molecule has 0 saturated carbocycles. The highest BCUT2D eigenvalue weighted by Crippen LogP contribution is 2.19. The van der Waals surface area contributed by atoms with Crippen molar-refractivity contribution in [1.82, 2.24) is 5.32 Å². The van der Waals surface area contributed by atoms with Gasteiger partial charge in [-0.25, -0.2) is 8.42 Å². The average molecular weight is 318 g/mol. The quantitative estimate of drug-likeness (QED) is 0.849. The molecule has 1 N–H and O–H groups in total. The van der Waals surface area contributed by atoms with Crippen LogP contribution in [0.2, 0.25) is 0 Å². The van der Waals surface area contributed by atoms with Crippen LogP contribution in [0.4, 0.5) is 0 Å². The van der Waals surface area contributed by atoms with Gasteiger partial charge < -0.3 is 5.32 Å². The molecule has 1 aromatic rings. The molecule has 0 aliphatic heterocycles. The monoisotopic (exact) mass is 317 g/mol. The first-order valence-electron chi connectivity index (χ1n) is 6.53. The van der Waals surface area contributed by atoms with Crippen LogP contribution < -0.4 is 5.32 Å². The van der Waals surface area contributed by atoms with Gasteiger partial charge in [-0.05, 0) is 37.0 Å². The molecule has 0 aromatic heterocycles. The third-order valence-corrected chi connectivity index (χ3v) is 4.65. The SMILES string of the molecule is CCC(NC(=O)c1cc(S(=O)(=O)Cl)ccc1C)C(C)C. The number of nitrogens with one attached hydrogen (secondary N) is 1. The number of aryl methyl sites for hydroxylation is 1. The van der Waals surface area contributed by atoms with Gasteiger partial charge in [0.2, 0.25) is 0 Å². The van der Waals surface area contributed by atoms with Crippen LogP contribution in [0.15, 0.2) is 23.1 Å². The first-order chi connectivity index (χ1) is 9.16. The fraction of sp³-hybridized carbons (Fsp3) is 0.500. The van der Waals surface area contributed by atoms with Crippen LogP contribution in [0, 0.1) is 12.8 Å². The van der Waals surface area contributed by atoms with E-state index in [4.69, 9.17) is 10.7 Å². The van der Waals surface area contributed by atoms with E-state index in [0.717, 1.165) is 6.42 Å².